The summed E-state index contributed by atoms with van der Waals surface area (Å²) < 4.78 is 4.94. The molecule has 1 heterocycles. The zero-order valence-electron chi connectivity index (χ0n) is 13.7. The van der Waals surface area contributed by atoms with Gasteiger partial charge in [0.2, 0.25) is 0 Å². The smallest absolute Gasteiger partial charge is 0.325 e. The maximum atomic E-state index is 11.9. The first-order valence-corrected chi connectivity index (χ1v) is 8.14. The van der Waals surface area contributed by atoms with Crippen LogP contribution >= 0.6 is 0 Å². The van der Waals surface area contributed by atoms with E-state index < -0.39 is 5.54 Å². The molecule has 0 aromatic heterocycles. The van der Waals surface area contributed by atoms with Gasteiger partial charge in [0.05, 0.1) is 7.11 Å². The van der Waals surface area contributed by atoms with Gasteiger partial charge in [0.15, 0.2) is 0 Å². The van der Waals surface area contributed by atoms with Crippen LogP contribution in [-0.4, -0.2) is 49.2 Å². The van der Waals surface area contributed by atoms with Gasteiger partial charge in [0, 0.05) is 6.04 Å². The highest BCUT2D eigenvalue weighted by molar-refractivity contribution is 5.80. The number of rotatable bonds is 8. The van der Waals surface area contributed by atoms with Crippen LogP contribution in [0.3, 0.4) is 0 Å². The van der Waals surface area contributed by atoms with Crippen molar-refractivity contribution in [1.29, 1.82) is 0 Å². The average molecular weight is 284 g/mol. The molecular weight excluding hydrogens is 252 g/mol. The van der Waals surface area contributed by atoms with Crippen molar-refractivity contribution in [2.75, 3.05) is 26.7 Å². The summed E-state index contributed by atoms with van der Waals surface area (Å²) in [7, 11) is 1.47. The number of esters is 1. The van der Waals surface area contributed by atoms with E-state index in [1.807, 2.05) is 13.8 Å². The highest BCUT2D eigenvalue weighted by Crippen LogP contribution is 2.21. The Morgan fingerprint density at radius 1 is 1.40 bits per heavy atom. The van der Waals surface area contributed by atoms with Crippen LogP contribution in [0.1, 0.15) is 59.3 Å². The lowest BCUT2D eigenvalue weighted by Gasteiger charge is -2.36. The minimum absolute atomic E-state index is 0.148. The molecule has 1 aliphatic heterocycles. The van der Waals surface area contributed by atoms with E-state index in [4.69, 9.17) is 4.74 Å². The lowest BCUT2D eigenvalue weighted by atomic mass is 9.94. The van der Waals surface area contributed by atoms with Gasteiger partial charge in [-0.15, -0.1) is 0 Å². The summed E-state index contributed by atoms with van der Waals surface area (Å²) >= 11 is 0. The van der Waals surface area contributed by atoms with E-state index in [1.54, 1.807) is 0 Å². The standard InChI is InChI=1S/C16H32N2O2/c1-5-14-10-7-8-12-18(14)13-9-11-16(3,17-6-2)15(19)20-4/h14,17H,5-13H2,1-4H3. The summed E-state index contributed by atoms with van der Waals surface area (Å²) in [6.45, 7) is 9.35. The van der Waals surface area contributed by atoms with E-state index in [9.17, 15) is 4.79 Å². The molecule has 2 atom stereocenters. The van der Waals surface area contributed by atoms with Gasteiger partial charge >= 0.3 is 5.97 Å². The molecule has 1 N–H and O–H groups in total. The summed E-state index contributed by atoms with van der Waals surface area (Å²) in [4.78, 5) is 14.5. The third-order valence-corrected chi connectivity index (χ3v) is 4.55. The Morgan fingerprint density at radius 3 is 2.75 bits per heavy atom. The number of hydrogen-bond donors (Lipinski definition) is 1. The van der Waals surface area contributed by atoms with Crippen LogP contribution in [0.2, 0.25) is 0 Å². The van der Waals surface area contributed by atoms with Crippen LogP contribution in [0.4, 0.5) is 0 Å². The fourth-order valence-electron chi connectivity index (χ4n) is 3.33. The number of piperidine rings is 1. The van der Waals surface area contributed by atoms with Crippen molar-refractivity contribution in [3.63, 3.8) is 0 Å². The monoisotopic (exact) mass is 284 g/mol. The predicted molar refractivity (Wildman–Crippen MR) is 82.8 cm³/mol. The Morgan fingerprint density at radius 2 is 2.15 bits per heavy atom. The van der Waals surface area contributed by atoms with Crippen LogP contribution < -0.4 is 5.32 Å². The van der Waals surface area contributed by atoms with Gasteiger partial charge in [-0.1, -0.05) is 20.3 Å². The molecule has 0 saturated carbocycles. The summed E-state index contributed by atoms with van der Waals surface area (Å²) in [5, 5.41) is 3.28. The molecule has 0 radical (unpaired) electrons. The van der Waals surface area contributed by atoms with E-state index in [-0.39, 0.29) is 5.97 Å². The maximum absolute atomic E-state index is 11.9. The van der Waals surface area contributed by atoms with Gasteiger partial charge in [0.1, 0.15) is 5.54 Å². The molecule has 0 amide bonds. The molecule has 1 fully saturated rings. The minimum atomic E-state index is -0.541. The van der Waals surface area contributed by atoms with Crippen molar-refractivity contribution in [2.24, 2.45) is 0 Å². The lowest BCUT2D eigenvalue weighted by molar-refractivity contribution is -0.148. The zero-order valence-corrected chi connectivity index (χ0v) is 13.7. The third-order valence-electron chi connectivity index (χ3n) is 4.55. The molecule has 0 aromatic carbocycles. The van der Waals surface area contributed by atoms with Crippen LogP contribution in [0, 0.1) is 0 Å². The second-order valence-electron chi connectivity index (χ2n) is 6.05. The molecule has 20 heavy (non-hydrogen) atoms. The van der Waals surface area contributed by atoms with E-state index in [2.05, 4.69) is 17.1 Å². The Kier molecular flexibility index (Phi) is 7.52. The Labute approximate surface area is 124 Å². The van der Waals surface area contributed by atoms with E-state index in [0.717, 1.165) is 32.0 Å². The molecular formula is C16H32N2O2. The van der Waals surface area contributed by atoms with Crippen LogP contribution in [0.5, 0.6) is 0 Å². The number of carbonyl (C=O) groups is 1. The van der Waals surface area contributed by atoms with Crippen LogP contribution in [0.15, 0.2) is 0 Å². The van der Waals surface area contributed by atoms with Gasteiger partial charge in [-0.25, -0.2) is 0 Å². The molecule has 4 heteroatoms. The average Bonchev–Trinajstić information content (AvgIpc) is 2.47. The normalized spacial score (nSPS) is 23.3. The van der Waals surface area contributed by atoms with Gasteiger partial charge in [-0.2, -0.15) is 0 Å². The first kappa shape index (κ1) is 17.4. The molecule has 1 aliphatic rings. The van der Waals surface area contributed by atoms with Crippen LogP contribution in [-0.2, 0) is 9.53 Å². The molecule has 0 spiro atoms. The summed E-state index contributed by atoms with van der Waals surface area (Å²) in [6.07, 6.45) is 7.12. The number of likely N-dealkylation sites (N-methyl/N-ethyl adjacent to an activating group) is 1. The summed E-state index contributed by atoms with van der Waals surface area (Å²) in [6, 6.07) is 0.743. The molecule has 1 saturated heterocycles. The van der Waals surface area contributed by atoms with E-state index in [1.165, 1.54) is 39.3 Å². The van der Waals surface area contributed by atoms with E-state index >= 15 is 0 Å². The Hall–Kier alpha value is -0.610. The number of hydrogen-bond acceptors (Lipinski definition) is 4. The maximum Gasteiger partial charge on any atom is 0.325 e. The Bertz CT molecular complexity index is 296. The molecule has 4 nitrogen and oxygen atoms in total. The van der Waals surface area contributed by atoms with Gasteiger partial charge in [-0.3, -0.25) is 4.79 Å². The summed E-state index contributed by atoms with van der Waals surface area (Å²) in [5.41, 5.74) is -0.541. The van der Waals surface area contributed by atoms with Crippen molar-refractivity contribution in [3.05, 3.63) is 0 Å². The number of ether oxygens (including phenoxy) is 1. The van der Waals surface area contributed by atoms with Gasteiger partial charge < -0.3 is 15.0 Å². The molecule has 0 aromatic rings. The highest BCUT2D eigenvalue weighted by atomic mass is 16.5. The van der Waals surface area contributed by atoms with E-state index in [0.29, 0.717) is 0 Å². The predicted octanol–water partition coefficient (Wildman–Crippen LogP) is 2.57. The second kappa shape index (κ2) is 8.63. The number of likely N-dealkylation sites (tertiary alicyclic amines) is 1. The fourth-order valence-corrected chi connectivity index (χ4v) is 3.33. The lowest BCUT2D eigenvalue weighted by Crippen LogP contribution is -2.50. The quantitative estimate of drug-likeness (QED) is 0.696. The minimum Gasteiger partial charge on any atom is -0.468 e. The molecule has 1 rings (SSSR count). The molecule has 0 bridgehead atoms. The number of nitrogens with zero attached hydrogens (tertiary/aromatic N) is 1. The molecule has 2 unspecified atom stereocenters. The third kappa shape index (κ3) is 4.74. The first-order chi connectivity index (χ1) is 9.57. The topological polar surface area (TPSA) is 41.6 Å². The largest absolute Gasteiger partial charge is 0.468 e. The van der Waals surface area contributed by atoms with Gasteiger partial charge in [-0.05, 0) is 58.7 Å². The molecule has 118 valence electrons. The second-order valence-corrected chi connectivity index (χ2v) is 6.05. The number of methoxy groups -OCH3 is 1. The first-order valence-electron chi connectivity index (χ1n) is 8.14. The SMILES string of the molecule is CCNC(C)(CCCN1CCCCC1CC)C(=O)OC. The van der Waals surface area contributed by atoms with Gasteiger partial charge in [0.25, 0.3) is 0 Å². The number of nitrogens with one attached hydrogen (secondary N) is 1. The van der Waals surface area contributed by atoms with Crippen molar-refractivity contribution in [3.8, 4) is 0 Å². The fraction of sp³-hybridized carbons (Fsp3) is 0.938. The highest BCUT2D eigenvalue weighted by Gasteiger charge is 2.33. The molecule has 0 aliphatic carbocycles. The summed E-state index contributed by atoms with van der Waals surface area (Å²) in [5.74, 6) is -0.148. The van der Waals surface area contributed by atoms with Crippen molar-refractivity contribution >= 4 is 5.97 Å². The van der Waals surface area contributed by atoms with Crippen molar-refractivity contribution in [2.45, 2.75) is 70.9 Å². The van der Waals surface area contributed by atoms with Crippen molar-refractivity contribution < 1.29 is 9.53 Å². The number of carbonyl (C=O) groups excluding carboxylic acids is 1. The Balaban J connectivity index is 2.45. The van der Waals surface area contributed by atoms with Crippen molar-refractivity contribution in [1.82, 2.24) is 10.2 Å². The zero-order chi connectivity index (χ0) is 15.0. The van der Waals surface area contributed by atoms with Crippen LogP contribution in [0.25, 0.3) is 0 Å².